The molecule has 0 amide bonds. The van der Waals surface area contributed by atoms with Gasteiger partial charge in [0.25, 0.3) is 0 Å². The van der Waals surface area contributed by atoms with Gasteiger partial charge in [0.1, 0.15) is 5.75 Å². The minimum absolute atomic E-state index is 0.0164. The van der Waals surface area contributed by atoms with Crippen LogP contribution in [0.4, 0.5) is 8.78 Å². The zero-order valence-electron chi connectivity index (χ0n) is 12.0. The van der Waals surface area contributed by atoms with Crippen molar-refractivity contribution in [3.63, 3.8) is 0 Å². The highest BCUT2D eigenvalue weighted by Gasteiger charge is 2.15. The monoisotopic (exact) mass is 271 g/mol. The summed E-state index contributed by atoms with van der Waals surface area (Å²) in [6.45, 7) is 6.53. The van der Waals surface area contributed by atoms with Crippen LogP contribution in [0.3, 0.4) is 0 Å². The molecule has 0 spiro atoms. The lowest BCUT2D eigenvalue weighted by atomic mass is 9.92. The molecule has 0 aliphatic carbocycles. The first-order valence-electron chi connectivity index (χ1n) is 6.57. The molecular formula is C15H23F2NO. The van der Waals surface area contributed by atoms with Crippen molar-refractivity contribution in [1.29, 1.82) is 0 Å². The van der Waals surface area contributed by atoms with Crippen LogP contribution in [0.1, 0.15) is 45.7 Å². The molecule has 108 valence electrons. The maximum atomic E-state index is 12.3. The second kappa shape index (κ2) is 6.85. The van der Waals surface area contributed by atoms with Gasteiger partial charge in [-0.1, -0.05) is 39.0 Å². The molecular weight excluding hydrogens is 248 g/mol. The Morgan fingerprint density at radius 3 is 2.42 bits per heavy atom. The molecule has 1 aromatic carbocycles. The second-order valence-electron chi connectivity index (χ2n) is 5.90. The van der Waals surface area contributed by atoms with E-state index in [1.54, 1.807) is 12.1 Å². The predicted molar refractivity (Wildman–Crippen MR) is 73.6 cm³/mol. The molecule has 0 bridgehead atoms. The summed E-state index contributed by atoms with van der Waals surface area (Å²) >= 11 is 0. The van der Waals surface area contributed by atoms with Gasteiger partial charge in [0.2, 0.25) is 0 Å². The summed E-state index contributed by atoms with van der Waals surface area (Å²) < 4.78 is 29.2. The number of rotatable bonds is 6. The molecule has 0 fully saturated rings. The minimum Gasteiger partial charge on any atom is -0.434 e. The quantitative estimate of drug-likeness (QED) is 0.829. The van der Waals surface area contributed by atoms with Gasteiger partial charge in [-0.25, -0.2) is 0 Å². The first-order chi connectivity index (χ1) is 8.79. The molecule has 1 atom stereocenters. The fourth-order valence-corrected chi connectivity index (χ4v) is 1.82. The predicted octanol–water partition coefficient (Wildman–Crippen LogP) is 4.37. The average molecular weight is 271 g/mol. The Morgan fingerprint density at radius 2 is 1.84 bits per heavy atom. The van der Waals surface area contributed by atoms with Gasteiger partial charge in [0, 0.05) is 11.6 Å². The zero-order chi connectivity index (χ0) is 14.5. The van der Waals surface area contributed by atoms with Crippen LogP contribution in [-0.4, -0.2) is 13.2 Å². The molecule has 0 aromatic heterocycles. The third-order valence-corrected chi connectivity index (χ3v) is 2.93. The second-order valence-corrected chi connectivity index (χ2v) is 5.90. The van der Waals surface area contributed by atoms with Crippen LogP contribution in [0, 0.1) is 5.41 Å². The van der Waals surface area contributed by atoms with E-state index in [1.807, 2.05) is 19.1 Å². The van der Waals surface area contributed by atoms with Gasteiger partial charge >= 0.3 is 6.61 Å². The van der Waals surface area contributed by atoms with E-state index in [4.69, 9.17) is 0 Å². The standard InChI is InChI=1S/C15H23F2NO/c1-11(18-10-9-15(2,3)4)12-7-5-6-8-13(12)19-14(16)17/h5-8,11,14,18H,9-10H2,1-4H3. The molecule has 0 radical (unpaired) electrons. The highest BCUT2D eigenvalue weighted by atomic mass is 19.3. The van der Waals surface area contributed by atoms with E-state index in [0.29, 0.717) is 0 Å². The highest BCUT2D eigenvalue weighted by Crippen LogP contribution is 2.26. The van der Waals surface area contributed by atoms with E-state index in [2.05, 4.69) is 30.8 Å². The van der Waals surface area contributed by atoms with Crippen molar-refractivity contribution in [2.75, 3.05) is 6.54 Å². The molecule has 1 aromatic rings. The Kier molecular flexibility index (Phi) is 5.73. The fourth-order valence-electron chi connectivity index (χ4n) is 1.82. The van der Waals surface area contributed by atoms with Crippen molar-refractivity contribution in [3.8, 4) is 5.75 Å². The number of alkyl halides is 2. The van der Waals surface area contributed by atoms with Gasteiger partial charge in [0.15, 0.2) is 0 Å². The Morgan fingerprint density at radius 1 is 1.21 bits per heavy atom. The van der Waals surface area contributed by atoms with Gasteiger partial charge in [-0.05, 0) is 31.4 Å². The van der Waals surface area contributed by atoms with Crippen LogP contribution in [0.5, 0.6) is 5.75 Å². The molecule has 1 unspecified atom stereocenters. The first-order valence-corrected chi connectivity index (χ1v) is 6.57. The lowest BCUT2D eigenvalue weighted by Crippen LogP contribution is -2.24. The van der Waals surface area contributed by atoms with E-state index in [0.717, 1.165) is 18.5 Å². The van der Waals surface area contributed by atoms with Gasteiger partial charge < -0.3 is 10.1 Å². The highest BCUT2D eigenvalue weighted by molar-refractivity contribution is 5.35. The molecule has 1 rings (SSSR count). The molecule has 0 saturated carbocycles. The largest absolute Gasteiger partial charge is 0.434 e. The minimum atomic E-state index is -2.79. The normalized spacial score (nSPS) is 13.6. The van der Waals surface area contributed by atoms with E-state index in [1.165, 1.54) is 0 Å². The smallest absolute Gasteiger partial charge is 0.387 e. The summed E-state index contributed by atoms with van der Waals surface area (Å²) in [6, 6.07) is 6.89. The summed E-state index contributed by atoms with van der Waals surface area (Å²) in [5.74, 6) is 0.244. The summed E-state index contributed by atoms with van der Waals surface area (Å²) in [4.78, 5) is 0. The Balaban J connectivity index is 2.63. The van der Waals surface area contributed by atoms with E-state index in [9.17, 15) is 8.78 Å². The van der Waals surface area contributed by atoms with Crippen LogP contribution in [-0.2, 0) is 0 Å². The zero-order valence-corrected chi connectivity index (χ0v) is 12.0. The lowest BCUT2D eigenvalue weighted by Gasteiger charge is -2.22. The molecule has 0 aliphatic rings. The van der Waals surface area contributed by atoms with Crippen LogP contribution < -0.4 is 10.1 Å². The summed E-state index contributed by atoms with van der Waals surface area (Å²) in [5, 5.41) is 3.34. The number of nitrogens with one attached hydrogen (secondary N) is 1. The molecule has 19 heavy (non-hydrogen) atoms. The van der Waals surface area contributed by atoms with E-state index < -0.39 is 6.61 Å². The van der Waals surface area contributed by atoms with Crippen LogP contribution in [0.2, 0.25) is 0 Å². The molecule has 0 heterocycles. The van der Waals surface area contributed by atoms with Crippen LogP contribution in [0.15, 0.2) is 24.3 Å². The number of halogens is 2. The molecule has 0 aliphatic heterocycles. The third-order valence-electron chi connectivity index (χ3n) is 2.93. The van der Waals surface area contributed by atoms with Gasteiger partial charge in [0.05, 0.1) is 0 Å². The molecule has 4 heteroatoms. The van der Waals surface area contributed by atoms with Crippen molar-refractivity contribution in [1.82, 2.24) is 5.32 Å². The van der Waals surface area contributed by atoms with Crippen molar-refractivity contribution in [2.24, 2.45) is 5.41 Å². The summed E-state index contributed by atoms with van der Waals surface area (Å²) in [7, 11) is 0. The molecule has 1 N–H and O–H groups in total. The molecule has 2 nitrogen and oxygen atoms in total. The average Bonchev–Trinajstić information content (AvgIpc) is 2.27. The Bertz CT molecular complexity index is 388. The van der Waals surface area contributed by atoms with Crippen molar-refractivity contribution in [2.45, 2.75) is 46.8 Å². The number of benzene rings is 1. The van der Waals surface area contributed by atoms with E-state index in [-0.39, 0.29) is 17.2 Å². The third kappa shape index (κ3) is 6.01. The number of hydrogen-bond acceptors (Lipinski definition) is 2. The number of hydrogen-bond donors (Lipinski definition) is 1. The van der Waals surface area contributed by atoms with Gasteiger partial charge in [-0.15, -0.1) is 0 Å². The fraction of sp³-hybridized carbons (Fsp3) is 0.600. The Labute approximate surface area is 114 Å². The van der Waals surface area contributed by atoms with Crippen LogP contribution >= 0.6 is 0 Å². The lowest BCUT2D eigenvalue weighted by molar-refractivity contribution is -0.0506. The van der Waals surface area contributed by atoms with Gasteiger partial charge in [-0.2, -0.15) is 8.78 Å². The summed E-state index contributed by atoms with van der Waals surface area (Å²) in [6.07, 6.45) is 1.02. The number of para-hydroxylation sites is 1. The van der Waals surface area contributed by atoms with Crippen molar-refractivity contribution < 1.29 is 13.5 Å². The van der Waals surface area contributed by atoms with Crippen LogP contribution in [0.25, 0.3) is 0 Å². The maximum Gasteiger partial charge on any atom is 0.387 e. The maximum absolute atomic E-state index is 12.3. The topological polar surface area (TPSA) is 21.3 Å². The summed E-state index contributed by atoms with van der Waals surface area (Å²) in [5.41, 5.74) is 1.02. The van der Waals surface area contributed by atoms with Gasteiger partial charge in [-0.3, -0.25) is 0 Å². The molecule has 0 saturated heterocycles. The number of ether oxygens (including phenoxy) is 1. The van der Waals surface area contributed by atoms with Crippen molar-refractivity contribution in [3.05, 3.63) is 29.8 Å². The first kappa shape index (κ1) is 15.9. The van der Waals surface area contributed by atoms with Crippen molar-refractivity contribution >= 4 is 0 Å². The Hall–Kier alpha value is -1.16. The SMILES string of the molecule is CC(NCCC(C)(C)C)c1ccccc1OC(F)F. The van der Waals surface area contributed by atoms with E-state index >= 15 is 0 Å².